The van der Waals surface area contributed by atoms with Crippen LogP contribution in [0.3, 0.4) is 0 Å². The van der Waals surface area contributed by atoms with Gasteiger partial charge in [0.15, 0.2) is 5.65 Å². The van der Waals surface area contributed by atoms with Crippen molar-refractivity contribution in [2.75, 3.05) is 5.88 Å². The molecule has 3 nitrogen and oxygen atoms in total. The van der Waals surface area contributed by atoms with E-state index in [2.05, 4.69) is 25.9 Å². The van der Waals surface area contributed by atoms with Crippen LogP contribution in [0.15, 0.2) is 34.9 Å². The van der Waals surface area contributed by atoms with E-state index in [0.29, 0.717) is 33.9 Å². The van der Waals surface area contributed by atoms with Crippen LogP contribution < -0.4 is 0 Å². The van der Waals surface area contributed by atoms with E-state index < -0.39 is 0 Å². The molecule has 3 aromatic rings. The van der Waals surface area contributed by atoms with Crippen LogP contribution in [0.1, 0.15) is 11.4 Å². The summed E-state index contributed by atoms with van der Waals surface area (Å²) in [5, 5.41) is 0. The molecule has 2 heterocycles. The van der Waals surface area contributed by atoms with Crippen molar-refractivity contribution in [2.45, 2.75) is 13.3 Å². The number of aromatic nitrogens is 3. The molecule has 0 aliphatic rings. The summed E-state index contributed by atoms with van der Waals surface area (Å²) in [5.74, 6) is 0.782. The van der Waals surface area contributed by atoms with Gasteiger partial charge in [-0.25, -0.2) is 14.4 Å². The maximum absolute atomic E-state index is 14.3. The minimum Gasteiger partial charge on any atom is -0.277 e. The molecule has 0 saturated carbocycles. The number of alkyl halides is 1. The van der Waals surface area contributed by atoms with Crippen LogP contribution in [0.4, 0.5) is 4.39 Å². The van der Waals surface area contributed by atoms with E-state index in [9.17, 15) is 4.39 Å². The number of hydrogen-bond acceptors (Lipinski definition) is 2. The number of rotatable bonds is 3. The number of imidazole rings is 1. The highest BCUT2D eigenvalue weighted by Crippen LogP contribution is 2.29. The Labute approximate surface area is 134 Å². The molecule has 0 bridgehead atoms. The van der Waals surface area contributed by atoms with E-state index in [-0.39, 0.29) is 5.82 Å². The fraction of sp³-hybridized carbons (Fsp3) is 0.200. The third-order valence-corrected chi connectivity index (χ3v) is 4.13. The van der Waals surface area contributed by atoms with Crippen molar-refractivity contribution in [3.63, 3.8) is 0 Å². The van der Waals surface area contributed by atoms with Crippen molar-refractivity contribution < 1.29 is 4.39 Å². The third-order valence-electron chi connectivity index (χ3n) is 3.30. The summed E-state index contributed by atoms with van der Waals surface area (Å²) in [6, 6.07) is 6.76. The zero-order chi connectivity index (χ0) is 15.0. The predicted octanol–water partition coefficient (Wildman–Crippen LogP) is 4.41. The summed E-state index contributed by atoms with van der Waals surface area (Å²) in [4.78, 5) is 8.96. The van der Waals surface area contributed by atoms with Gasteiger partial charge >= 0.3 is 0 Å². The Morgan fingerprint density at radius 3 is 2.86 bits per heavy atom. The Morgan fingerprint density at radius 1 is 1.33 bits per heavy atom. The maximum Gasteiger partial charge on any atom is 0.165 e. The SMILES string of the molecule is Cc1ccnc2c1nc(CCCl)n2-c1c(F)cccc1Br. The van der Waals surface area contributed by atoms with Gasteiger partial charge < -0.3 is 0 Å². The predicted molar refractivity (Wildman–Crippen MR) is 85.7 cm³/mol. The molecular formula is C15H12BrClFN3. The summed E-state index contributed by atoms with van der Waals surface area (Å²) in [5.41, 5.74) is 2.83. The fourth-order valence-corrected chi connectivity index (χ4v) is 3.02. The first-order valence-electron chi connectivity index (χ1n) is 6.46. The lowest BCUT2D eigenvalue weighted by atomic mass is 10.2. The molecule has 2 aromatic heterocycles. The van der Waals surface area contributed by atoms with E-state index in [4.69, 9.17) is 11.6 Å². The smallest absolute Gasteiger partial charge is 0.165 e. The highest BCUT2D eigenvalue weighted by Gasteiger charge is 2.19. The molecule has 3 rings (SSSR count). The zero-order valence-corrected chi connectivity index (χ0v) is 13.6. The standard InChI is InChI=1S/C15H12BrClFN3/c1-9-6-8-19-15-13(9)20-12(5-7-17)21(15)14-10(16)3-2-4-11(14)18/h2-4,6,8H,5,7H2,1H3. The van der Waals surface area contributed by atoms with Crippen molar-refractivity contribution in [3.8, 4) is 5.69 Å². The van der Waals surface area contributed by atoms with Gasteiger partial charge in [-0.2, -0.15) is 0 Å². The van der Waals surface area contributed by atoms with Gasteiger partial charge in [-0.05, 0) is 46.6 Å². The molecule has 0 amide bonds. The first-order chi connectivity index (χ1) is 10.1. The van der Waals surface area contributed by atoms with Crippen LogP contribution >= 0.6 is 27.5 Å². The number of para-hydroxylation sites is 1. The minimum atomic E-state index is -0.331. The molecule has 0 atom stereocenters. The first kappa shape index (κ1) is 14.5. The van der Waals surface area contributed by atoms with Crippen LogP contribution in [0.5, 0.6) is 0 Å². The third kappa shape index (κ3) is 2.45. The Hall–Kier alpha value is -1.46. The second-order valence-electron chi connectivity index (χ2n) is 4.67. The van der Waals surface area contributed by atoms with Gasteiger partial charge in [-0.15, -0.1) is 11.6 Å². The van der Waals surface area contributed by atoms with Gasteiger partial charge in [0.25, 0.3) is 0 Å². The summed E-state index contributed by atoms with van der Waals surface area (Å²) < 4.78 is 16.7. The highest BCUT2D eigenvalue weighted by atomic mass is 79.9. The molecule has 0 radical (unpaired) electrons. The molecule has 0 aliphatic carbocycles. The molecule has 0 unspecified atom stereocenters. The Kier molecular flexibility index (Phi) is 3.95. The lowest BCUT2D eigenvalue weighted by Crippen LogP contribution is -2.06. The number of pyridine rings is 1. The summed E-state index contributed by atoms with van der Waals surface area (Å²) in [7, 11) is 0. The Bertz CT molecular complexity index is 796. The summed E-state index contributed by atoms with van der Waals surface area (Å²) >= 11 is 9.27. The second kappa shape index (κ2) is 5.73. The van der Waals surface area contributed by atoms with E-state index in [1.165, 1.54) is 6.07 Å². The number of hydrogen-bond donors (Lipinski definition) is 0. The monoisotopic (exact) mass is 367 g/mol. The van der Waals surface area contributed by atoms with Crippen molar-refractivity contribution in [1.29, 1.82) is 0 Å². The molecule has 0 aliphatic heterocycles. The van der Waals surface area contributed by atoms with E-state index in [0.717, 1.165) is 11.1 Å². The summed E-state index contributed by atoms with van der Waals surface area (Å²) in [6.45, 7) is 1.96. The van der Waals surface area contributed by atoms with Gasteiger partial charge in [-0.3, -0.25) is 4.57 Å². The lowest BCUT2D eigenvalue weighted by molar-refractivity contribution is 0.615. The topological polar surface area (TPSA) is 30.7 Å². The first-order valence-corrected chi connectivity index (χ1v) is 7.79. The molecule has 6 heteroatoms. The van der Waals surface area contributed by atoms with Crippen LogP contribution in [-0.4, -0.2) is 20.4 Å². The Balaban J connectivity index is 2.40. The largest absolute Gasteiger partial charge is 0.277 e. The van der Waals surface area contributed by atoms with Gasteiger partial charge in [-0.1, -0.05) is 6.07 Å². The van der Waals surface area contributed by atoms with Crippen molar-refractivity contribution >= 4 is 38.7 Å². The average molecular weight is 369 g/mol. The van der Waals surface area contributed by atoms with E-state index in [1.807, 2.05) is 13.0 Å². The molecule has 0 spiro atoms. The van der Waals surface area contributed by atoms with Crippen molar-refractivity contribution in [2.24, 2.45) is 0 Å². The van der Waals surface area contributed by atoms with E-state index in [1.54, 1.807) is 22.9 Å². The molecule has 0 saturated heterocycles. The summed E-state index contributed by atoms with van der Waals surface area (Å²) in [6.07, 6.45) is 2.24. The number of halogens is 3. The van der Waals surface area contributed by atoms with Gasteiger partial charge in [0.1, 0.15) is 17.2 Å². The van der Waals surface area contributed by atoms with Crippen molar-refractivity contribution in [3.05, 3.63) is 52.1 Å². The van der Waals surface area contributed by atoms with Gasteiger partial charge in [0.05, 0.1) is 5.69 Å². The molecule has 0 N–H and O–H groups in total. The zero-order valence-electron chi connectivity index (χ0n) is 11.3. The van der Waals surface area contributed by atoms with Crippen LogP contribution in [-0.2, 0) is 6.42 Å². The van der Waals surface area contributed by atoms with Crippen LogP contribution in [0.25, 0.3) is 16.9 Å². The number of benzene rings is 1. The van der Waals surface area contributed by atoms with Gasteiger partial charge in [0.2, 0.25) is 0 Å². The molecular weight excluding hydrogens is 357 g/mol. The normalized spacial score (nSPS) is 11.2. The lowest BCUT2D eigenvalue weighted by Gasteiger charge is -2.11. The van der Waals surface area contributed by atoms with Gasteiger partial charge in [0, 0.05) is 23.0 Å². The van der Waals surface area contributed by atoms with Crippen LogP contribution in [0.2, 0.25) is 0 Å². The van der Waals surface area contributed by atoms with E-state index >= 15 is 0 Å². The maximum atomic E-state index is 14.3. The fourth-order valence-electron chi connectivity index (χ4n) is 2.33. The molecule has 21 heavy (non-hydrogen) atoms. The van der Waals surface area contributed by atoms with Crippen LogP contribution in [0, 0.1) is 12.7 Å². The van der Waals surface area contributed by atoms with Crippen molar-refractivity contribution in [1.82, 2.24) is 14.5 Å². The quantitative estimate of drug-likeness (QED) is 0.641. The minimum absolute atomic E-state index is 0.331. The molecule has 108 valence electrons. The molecule has 0 fully saturated rings. The number of aryl methyl sites for hydroxylation is 2. The number of nitrogens with zero attached hydrogens (tertiary/aromatic N) is 3. The highest BCUT2D eigenvalue weighted by molar-refractivity contribution is 9.10. The Morgan fingerprint density at radius 2 is 2.14 bits per heavy atom. The molecule has 1 aromatic carbocycles. The second-order valence-corrected chi connectivity index (χ2v) is 5.91. The number of fused-ring (bicyclic) bond motifs is 1. The average Bonchev–Trinajstić information content (AvgIpc) is 2.80.